The van der Waals surface area contributed by atoms with E-state index in [-0.39, 0.29) is 12.4 Å². The van der Waals surface area contributed by atoms with Crippen LogP contribution in [0.2, 0.25) is 0 Å². The summed E-state index contributed by atoms with van der Waals surface area (Å²) in [5.41, 5.74) is 5.46. The van der Waals surface area contributed by atoms with E-state index in [1.54, 1.807) is 0 Å². The van der Waals surface area contributed by atoms with Crippen molar-refractivity contribution in [1.82, 2.24) is 5.48 Å². The first-order valence-corrected chi connectivity index (χ1v) is 0.966. The van der Waals surface area contributed by atoms with Crippen LogP contribution in [0.1, 0.15) is 0 Å². The minimum absolute atomic E-state index is 0. The number of amides is 2. The Morgan fingerprint density at radius 2 is 2.00 bits per heavy atom. The Labute approximate surface area is 40.7 Å². The van der Waals surface area contributed by atoms with Gasteiger partial charge in [-0.15, -0.1) is 12.4 Å². The lowest BCUT2D eigenvalue weighted by Crippen LogP contribution is -2.25. The molecule has 2 amide bonds. The van der Waals surface area contributed by atoms with Crippen LogP contribution in [0.25, 0.3) is 0 Å². The van der Waals surface area contributed by atoms with Crippen LogP contribution in [0.15, 0.2) is 0 Å². The summed E-state index contributed by atoms with van der Waals surface area (Å²) in [5, 5.41) is 7.42. The quantitative estimate of drug-likeness (QED) is 0.291. The molecule has 0 heterocycles. The summed E-state index contributed by atoms with van der Waals surface area (Å²) in [6.45, 7) is 0. The summed E-state index contributed by atoms with van der Waals surface area (Å²) in [4.78, 5) is 9.23. The number of carbonyl (C=O) groups excluding carboxylic acids is 1. The van der Waals surface area contributed by atoms with Gasteiger partial charge in [-0.05, 0) is 0 Å². The van der Waals surface area contributed by atoms with Crippen molar-refractivity contribution >= 4 is 18.4 Å². The van der Waals surface area contributed by atoms with E-state index in [9.17, 15) is 4.79 Å². The Kier molecular flexibility index (Phi) is 6.86. The Morgan fingerprint density at radius 3 is 2.00 bits per heavy atom. The van der Waals surface area contributed by atoms with Gasteiger partial charge in [0.15, 0.2) is 0 Å². The lowest BCUT2D eigenvalue weighted by molar-refractivity contribution is 0.169. The van der Waals surface area contributed by atoms with Crippen LogP contribution in [0, 0.1) is 0 Å². The third kappa shape index (κ3) is 9.68. The number of carbonyl (C=O) groups is 1. The fourth-order valence-corrected chi connectivity index (χ4v) is 0. The maximum atomic E-state index is 9.23. The van der Waals surface area contributed by atoms with Gasteiger partial charge in [0.05, 0.1) is 0 Å². The molecular formula is CH5ClN2O2. The number of rotatable bonds is 0. The highest BCUT2D eigenvalue weighted by atomic mass is 35.5. The van der Waals surface area contributed by atoms with E-state index in [2.05, 4.69) is 5.73 Å². The van der Waals surface area contributed by atoms with Gasteiger partial charge in [-0.3, -0.25) is 5.21 Å². The minimum Gasteiger partial charge on any atom is -0.350 e. The summed E-state index contributed by atoms with van der Waals surface area (Å²) in [5.74, 6) is 0. The topological polar surface area (TPSA) is 75.4 Å². The summed E-state index contributed by atoms with van der Waals surface area (Å²) in [6, 6.07) is -0.940. The molecule has 4 nitrogen and oxygen atoms in total. The van der Waals surface area contributed by atoms with Gasteiger partial charge in [0.25, 0.3) is 0 Å². The molecule has 0 fully saturated rings. The van der Waals surface area contributed by atoms with Crippen molar-refractivity contribution in [2.75, 3.05) is 0 Å². The molecule has 0 aromatic rings. The number of urea groups is 1. The van der Waals surface area contributed by atoms with Crippen molar-refractivity contribution in [3.05, 3.63) is 0 Å². The normalized spacial score (nSPS) is 5.50. The van der Waals surface area contributed by atoms with Crippen LogP contribution >= 0.6 is 12.4 Å². The molecule has 0 rings (SSSR count). The second-order valence-corrected chi connectivity index (χ2v) is 0.476. The lowest BCUT2D eigenvalue weighted by Gasteiger charge is -1.79. The summed E-state index contributed by atoms with van der Waals surface area (Å²) < 4.78 is 0. The molecule has 0 bridgehead atoms. The summed E-state index contributed by atoms with van der Waals surface area (Å²) >= 11 is 0. The highest BCUT2D eigenvalue weighted by Gasteiger charge is 1.75. The molecule has 5 heteroatoms. The number of nitrogens with two attached hydrogens (primary N) is 1. The molecule has 0 aromatic carbocycles. The van der Waals surface area contributed by atoms with E-state index in [1.807, 2.05) is 0 Å². The standard InChI is InChI=1S/CH4N2O2.ClH/c2-1(4)3-5;/h5H,(H3,2,3,4);1H. The SMILES string of the molecule is Cl.NC(=O)NO. The van der Waals surface area contributed by atoms with Crippen molar-refractivity contribution in [2.24, 2.45) is 5.73 Å². The molecule has 0 atom stereocenters. The molecule has 0 aliphatic carbocycles. The van der Waals surface area contributed by atoms with E-state index >= 15 is 0 Å². The highest BCUT2D eigenvalue weighted by molar-refractivity contribution is 5.85. The number of hydrogen-bond donors (Lipinski definition) is 3. The van der Waals surface area contributed by atoms with Crippen molar-refractivity contribution < 1.29 is 10.0 Å². The van der Waals surface area contributed by atoms with Crippen LogP contribution in [-0.4, -0.2) is 11.2 Å². The predicted molar refractivity (Wildman–Crippen MR) is 21.8 cm³/mol. The minimum atomic E-state index is -0.940. The van der Waals surface area contributed by atoms with Gasteiger partial charge in [-0.1, -0.05) is 0 Å². The third-order valence-corrected chi connectivity index (χ3v) is 0.110. The van der Waals surface area contributed by atoms with Crippen LogP contribution in [0.3, 0.4) is 0 Å². The van der Waals surface area contributed by atoms with Gasteiger partial charge < -0.3 is 5.73 Å². The van der Waals surface area contributed by atoms with Crippen molar-refractivity contribution in [3.63, 3.8) is 0 Å². The van der Waals surface area contributed by atoms with Crippen molar-refractivity contribution in [1.29, 1.82) is 0 Å². The smallest absolute Gasteiger partial charge is 0.335 e. The van der Waals surface area contributed by atoms with Crippen LogP contribution in [0.5, 0.6) is 0 Å². The van der Waals surface area contributed by atoms with Gasteiger partial charge in [0.1, 0.15) is 0 Å². The highest BCUT2D eigenvalue weighted by Crippen LogP contribution is 1.38. The molecule has 0 radical (unpaired) electrons. The molecule has 4 N–H and O–H groups in total. The van der Waals surface area contributed by atoms with Crippen molar-refractivity contribution in [3.8, 4) is 0 Å². The molecule has 6 heavy (non-hydrogen) atoms. The Bertz CT molecular complexity index is 46.8. The largest absolute Gasteiger partial charge is 0.350 e. The average molecular weight is 113 g/mol. The first-order valence-electron chi connectivity index (χ1n) is 0.966. The average Bonchev–Trinajstić information content (AvgIpc) is 1.38. The molecule has 0 aliphatic heterocycles. The lowest BCUT2D eigenvalue weighted by atomic mass is 11.2. The second-order valence-electron chi connectivity index (χ2n) is 0.476. The number of halogens is 1. The van der Waals surface area contributed by atoms with Gasteiger partial charge >= 0.3 is 6.03 Å². The molecule has 0 unspecified atom stereocenters. The summed E-state index contributed by atoms with van der Waals surface area (Å²) in [7, 11) is 0. The zero-order chi connectivity index (χ0) is 4.28. The fraction of sp³-hybridized carbons (Fsp3) is 0. The Morgan fingerprint density at radius 1 is 1.83 bits per heavy atom. The number of hydroxylamine groups is 1. The number of nitrogens with one attached hydrogen (secondary N) is 1. The van der Waals surface area contributed by atoms with Gasteiger partial charge in [-0.25, -0.2) is 10.3 Å². The first-order chi connectivity index (χ1) is 2.27. The van der Waals surface area contributed by atoms with E-state index in [1.165, 1.54) is 5.48 Å². The molecule has 0 saturated carbocycles. The molecule has 0 spiro atoms. The maximum absolute atomic E-state index is 9.23. The Hall–Kier alpha value is -0.480. The van der Waals surface area contributed by atoms with Crippen LogP contribution in [-0.2, 0) is 0 Å². The molecule has 38 valence electrons. The number of primary amides is 1. The zero-order valence-electron chi connectivity index (χ0n) is 2.84. The molecule has 0 aliphatic rings. The van der Waals surface area contributed by atoms with E-state index in [0.29, 0.717) is 0 Å². The molecular weight excluding hydrogens is 107 g/mol. The number of hydrogen-bond acceptors (Lipinski definition) is 2. The maximum Gasteiger partial charge on any atom is 0.335 e. The zero-order valence-corrected chi connectivity index (χ0v) is 3.66. The van der Waals surface area contributed by atoms with Crippen molar-refractivity contribution in [2.45, 2.75) is 0 Å². The summed E-state index contributed by atoms with van der Waals surface area (Å²) in [6.07, 6.45) is 0. The third-order valence-electron chi connectivity index (χ3n) is 0.110. The molecule has 0 saturated heterocycles. The first kappa shape index (κ1) is 9.10. The van der Waals surface area contributed by atoms with Gasteiger partial charge in [0.2, 0.25) is 0 Å². The Balaban J connectivity index is 0. The van der Waals surface area contributed by atoms with E-state index in [4.69, 9.17) is 5.21 Å². The van der Waals surface area contributed by atoms with Crippen LogP contribution in [0.4, 0.5) is 4.79 Å². The van der Waals surface area contributed by atoms with Gasteiger partial charge in [-0.2, -0.15) is 0 Å². The molecule has 0 aromatic heterocycles. The predicted octanol–water partition coefficient (Wildman–Crippen LogP) is -0.534. The second kappa shape index (κ2) is 4.52. The monoisotopic (exact) mass is 112 g/mol. The van der Waals surface area contributed by atoms with Crippen LogP contribution < -0.4 is 11.2 Å². The van der Waals surface area contributed by atoms with E-state index < -0.39 is 6.03 Å². The fourth-order valence-electron chi connectivity index (χ4n) is 0. The van der Waals surface area contributed by atoms with E-state index in [0.717, 1.165) is 0 Å². The van der Waals surface area contributed by atoms with Gasteiger partial charge in [0, 0.05) is 0 Å².